The largest absolute Gasteiger partial charge is 0.386 e. The van der Waals surface area contributed by atoms with Gasteiger partial charge in [0.05, 0.1) is 5.82 Å². The van der Waals surface area contributed by atoms with Gasteiger partial charge in [0.25, 0.3) is 0 Å². The third-order valence-corrected chi connectivity index (χ3v) is 7.40. The molecule has 0 aliphatic carbocycles. The molecular weight excluding hydrogens is 414 g/mol. The summed E-state index contributed by atoms with van der Waals surface area (Å²) >= 11 is 0. The number of nitrogens with two attached hydrogens (primary N) is 1. The summed E-state index contributed by atoms with van der Waals surface area (Å²) in [5.74, 6) is 2.72. The Morgan fingerprint density at radius 1 is 0.909 bits per heavy atom. The molecule has 3 N–H and O–H groups in total. The number of piperidine rings is 2. The second-order valence-electron chi connectivity index (χ2n) is 10.2. The third-order valence-electron chi connectivity index (χ3n) is 7.40. The van der Waals surface area contributed by atoms with Gasteiger partial charge in [0.2, 0.25) is 11.8 Å². The molecule has 0 radical (unpaired) electrons. The normalized spacial score (nSPS) is 18.0. The quantitative estimate of drug-likeness (QED) is 0.387. The van der Waals surface area contributed by atoms with Crippen molar-refractivity contribution in [3.05, 3.63) is 12.4 Å². The van der Waals surface area contributed by atoms with Crippen LogP contribution in [0.1, 0.15) is 77.6 Å². The van der Waals surface area contributed by atoms with E-state index in [2.05, 4.69) is 40.6 Å². The van der Waals surface area contributed by atoms with E-state index in [-0.39, 0.29) is 0 Å². The molecule has 0 unspecified atom stereocenters. The first-order valence-corrected chi connectivity index (χ1v) is 13.3. The van der Waals surface area contributed by atoms with Crippen LogP contribution >= 0.6 is 0 Å². The standard InChI is InChI=1S/C26H49N5O2/c1-4-7-25(32)30-18-10-23(11-19-30)8-5-9-24-12-20-31(21-13-24)26(33)14-17-29(3)16-6-15-28-22(2)27/h23-24,28H,2,4-21,27H2,1,3H3. The molecule has 0 aromatic heterocycles. The van der Waals surface area contributed by atoms with Crippen molar-refractivity contribution in [3.8, 4) is 0 Å². The number of carbonyl (C=O) groups is 2. The van der Waals surface area contributed by atoms with Crippen LogP contribution < -0.4 is 11.1 Å². The molecule has 0 aromatic carbocycles. The highest BCUT2D eigenvalue weighted by molar-refractivity contribution is 5.76. The Morgan fingerprint density at radius 3 is 1.91 bits per heavy atom. The van der Waals surface area contributed by atoms with Crippen molar-refractivity contribution in [1.29, 1.82) is 0 Å². The van der Waals surface area contributed by atoms with Gasteiger partial charge in [-0.2, -0.15) is 0 Å². The molecule has 2 heterocycles. The zero-order valence-corrected chi connectivity index (χ0v) is 21.3. The molecule has 2 rings (SSSR count). The molecule has 0 atom stereocenters. The molecule has 7 nitrogen and oxygen atoms in total. The van der Waals surface area contributed by atoms with E-state index in [9.17, 15) is 9.59 Å². The maximum Gasteiger partial charge on any atom is 0.223 e. The summed E-state index contributed by atoms with van der Waals surface area (Å²) in [5, 5.41) is 3.03. The highest BCUT2D eigenvalue weighted by Gasteiger charge is 2.24. The molecule has 7 heteroatoms. The zero-order chi connectivity index (χ0) is 24.1. The number of hydrogen-bond donors (Lipinski definition) is 2. The SMILES string of the molecule is C=C(N)NCCCN(C)CCC(=O)N1CCC(CCCC2CCN(C(=O)CCC)CC2)CC1. The van der Waals surface area contributed by atoms with Gasteiger partial charge in [-0.15, -0.1) is 0 Å². The van der Waals surface area contributed by atoms with E-state index in [0.717, 1.165) is 83.3 Å². The second-order valence-corrected chi connectivity index (χ2v) is 10.2. The Balaban J connectivity index is 1.51. The van der Waals surface area contributed by atoms with Crippen LogP contribution in [0.4, 0.5) is 0 Å². The lowest BCUT2D eigenvalue weighted by Crippen LogP contribution is -2.40. The van der Waals surface area contributed by atoms with Gasteiger partial charge in [-0.1, -0.05) is 32.8 Å². The van der Waals surface area contributed by atoms with E-state index in [1.54, 1.807) is 0 Å². The Morgan fingerprint density at radius 2 is 1.42 bits per heavy atom. The fourth-order valence-corrected chi connectivity index (χ4v) is 5.16. The van der Waals surface area contributed by atoms with Crippen LogP contribution in [0.15, 0.2) is 12.4 Å². The molecule has 0 aromatic rings. The molecule has 2 saturated heterocycles. The van der Waals surface area contributed by atoms with Crippen LogP contribution in [0.5, 0.6) is 0 Å². The molecule has 2 aliphatic heterocycles. The molecule has 190 valence electrons. The van der Waals surface area contributed by atoms with E-state index in [0.29, 0.717) is 30.5 Å². The predicted molar refractivity (Wildman–Crippen MR) is 135 cm³/mol. The van der Waals surface area contributed by atoms with Crippen LogP contribution in [0, 0.1) is 11.8 Å². The van der Waals surface area contributed by atoms with Gasteiger partial charge < -0.3 is 25.8 Å². The number of likely N-dealkylation sites (tertiary alicyclic amines) is 2. The molecular formula is C26H49N5O2. The number of carbonyl (C=O) groups excluding carboxylic acids is 2. The van der Waals surface area contributed by atoms with Crippen LogP contribution in [0.2, 0.25) is 0 Å². The van der Waals surface area contributed by atoms with Gasteiger partial charge in [0, 0.05) is 52.1 Å². The summed E-state index contributed by atoms with van der Waals surface area (Å²) < 4.78 is 0. The molecule has 33 heavy (non-hydrogen) atoms. The van der Waals surface area contributed by atoms with Crippen molar-refractivity contribution in [1.82, 2.24) is 20.0 Å². The Hall–Kier alpha value is -1.76. The van der Waals surface area contributed by atoms with Crippen LogP contribution in [0.25, 0.3) is 0 Å². The third kappa shape index (κ3) is 10.8. The highest BCUT2D eigenvalue weighted by Crippen LogP contribution is 2.27. The van der Waals surface area contributed by atoms with E-state index < -0.39 is 0 Å². The van der Waals surface area contributed by atoms with Gasteiger partial charge >= 0.3 is 0 Å². The lowest BCUT2D eigenvalue weighted by atomic mass is 9.86. The van der Waals surface area contributed by atoms with E-state index in [1.807, 2.05) is 0 Å². The molecule has 2 amide bonds. The Labute approximate surface area is 202 Å². The minimum Gasteiger partial charge on any atom is -0.386 e. The average molecular weight is 464 g/mol. The lowest BCUT2D eigenvalue weighted by Gasteiger charge is -2.34. The summed E-state index contributed by atoms with van der Waals surface area (Å²) in [6.45, 7) is 12.0. The predicted octanol–water partition coefficient (Wildman–Crippen LogP) is 3.17. The van der Waals surface area contributed by atoms with Crippen LogP contribution in [0.3, 0.4) is 0 Å². The van der Waals surface area contributed by atoms with Crippen molar-refractivity contribution < 1.29 is 9.59 Å². The molecule has 2 aliphatic rings. The van der Waals surface area contributed by atoms with Crippen molar-refractivity contribution >= 4 is 11.8 Å². The number of hydrogen-bond acceptors (Lipinski definition) is 5. The van der Waals surface area contributed by atoms with Gasteiger partial charge in [-0.25, -0.2) is 0 Å². The maximum absolute atomic E-state index is 12.6. The maximum atomic E-state index is 12.6. The Bertz CT molecular complexity index is 595. The smallest absolute Gasteiger partial charge is 0.223 e. The summed E-state index contributed by atoms with van der Waals surface area (Å²) in [6, 6.07) is 0. The van der Waals surface area contributed by atoms with Crippen molar-refractivity contribution in [3.63, 3.8) is 0 Å². The topological polar surface area (TPSA) is 81.9 Å². The number of amides is 2. The van der Waals surface area contributed by atoms with Crippen molar-refractivity contribution in [2.45, 2.75) is 77.6 Å². The fraction of sp³-hybridized carbons (Fsp3) is 0.846. The van der Waals surface area contributed by atoms with Crippen molar-refractivity contribution in [2.75, 3.05) is 52.9 Å². The number of rotatable bonds is 14. The lowest BCUT2D eigenvalue weighted by molar-refractivity contribution is -0.133. The summed E-state index contributed by atoms with van der Waals surface area (Å²) in [4.78, 5) is 31.0. The Kier molecular flexibility index (Phi) is 12.7. The van der Waals surface area contributed by atoms with Crippen LogP contribution in [-0.4, -0.2) is 79.4 Å². The first-order chi connectivity index (χ1) is 15.9. The van der Waals surface area contributed by atoms with Gasteiger partial charge in [-0.05, 0) is 64.0 Å². The number of nitrogens with one attached hydrogen (secondary N) is 1. The molecule has 0 bridgehead atoms. The summed E-state index contributed by atoms with van der Waals surface area (Å²) in [7, 11) is 2.07. The zero-order valence-electron chi connectivity index (χ0n) is 21.3. The molecule has 0 spiro atoms. The molecule has 0 saturated carbocycles. The number of nitrogens with zero attached hydrogens (tertiary/aromatic N) is 3. The summed E-state index contributed by atoms with van der Waals surface area (Å²) in [5.41, 5.74) is 5.50. The van der Waals surface area contributed by atoms with Crippen LogP contribution in [-0.2, 0) is 9.59 Å². The molecule has 2 fully saturated rings. The minimum absolute atomic E-state index is 0.304. The van der Waals surface area contributed by atoms with Gasteiger partial charge in [0.1, 0.15) is 0 Å². The monoisotopic (exact) mass is 463 g/mol. The second kappa shape index (κ2) is 15.2. The summed E-state index contributed by atoms with van der Waals surface area (Å²) in [6.07, 6.45) is 11.8. The van der Waals surface area contributed by atoms with E-state index in [1.165, 1.54) is 32.1 Å². The van der Waals surface area contributed by atoms with E-state index in [4.69, 9.17) is 5.73 Å². The van der Waals surface area contributed by atoms with Crippen molar-refractivity contribution in [2.24, 2.45) is 17.6 Å². The fourth-order valence-electron chi connectivity index (χ4n) is 5.16. The minimum atomic E-state index is 0.304. The first-order valence-electron chi connectivity index (χ1n) is 13.3. The van der Waals surface area contributed by atoms with Gasteiger partial charge in [-0.3, -0.25) is 9.59 Å². The first kappa shape index (κ1) is 27.5. The van der Waals surface area contributed by atoms with E-state index >= 15 is 0 Å². The van der Waals surface area contributed by atoms with Gasteiger partial charge in [0.15, 0.2) is 0 Å². The highest BCUT2D eigenvalue weighted by atomic mass is 16.2. The average Bonchev–Trinajstić information content (AvgIpc) is 2.81.